The fraction of sp³-hybridized carbons (Fsp3) is 1.00. The van der Waals surface area contributed by atoms with Gasteiger partial charge in [-0.05, 0) is 51.2 Å². The summed E-state index contributed by atoms with van der Waals surface area (Å²) in [6.45, 7) is 8.28. The fourth-order valence-electron chi connectivity index (χ4n) is 2.81. The molecule has 2 heterocycles. The molecule has 2 aliphatic heterocycles. The maximum absolute atomic E-state index is 5.45. The van der Waals surface area contributed by atoms with Gasteiger partial charge in [-0.1, -0.05) is 13.3 Å². The molecule has 1 spiro atoms. The van der Waals surface area contributed by atoms with Crippen LogP contribution < -0.4 is 5.73 Å². The lowest BCUT2D eigenvalue weighted by Gasteiger charge is -2.33. The lowest BCUT2D eigenvalue weighted by atomic mass is 9.80. The van der Waals surface area contributed by atoms with Crippen LogP contribution in [0.1, 0.15) is 39.0 Å². The first-order valence-electron chi connectivity index (χ1n) is 6.72. The highest BCUT2D eigenvalue weighted by Gasteiger charge is 2.38. The smallest absolute Gasteiger partial charge is 0.0471 e. The molecule has 0 saturated carbocycles. The SMILES string of the molecule is CCCCN1CCC2(CCOCC2)C1.CN. The lowest BCUT2D eigenvalue weighted by Crippen LogP contribution is -2.33. The Morgan fingerprint density at radius 2 is 1.88 bits per heavy atom. The summed E-state index contributed by atoms with van der Waals surface area (Å²) in [5.74, 6) is 0. The molecule has 0 aromatic rings. The van der Waals surface area contributed by atoms with Crippen LogP contribution in [0.2, 0.25) is 0 Å². The molecule has 2 N–H and O–H groups in total. The standard InChI is InChI=1S/C12H23NO.CH5N/c1-2-3-7-13-8-4-12(11-13)5-9-14-10-6-12;1-2/h2-11H2,1H3;2H2,1H3. The maximum atomic E-state index is 5.45. The third-order valence-corrected chi connectivity index (χ3v) is 3.90. The van der Waals surface area contributed by atoms with Crippen molar-refractivity contribution < 1.29 is 4.74 Å². The van der Waals surface area contributed by atoms with Gasteiger partial charge in [-0.15, -0.1) is 0 Å². The van der Waals surface area contributed by atoms with Gasteiger partial charge in [0.25, 0.3) is 0 Å². The van der Waals surface area contributed by atoms with E-state index in [1.807, 2.05) is 0 Å². The van der Waals surface area contributed by atoms with Crippen molar-refractivity contribution in [1.82, 2.24) is 4.90 Å². The van der Waals surface area contributed by atoms with Gasteiger partial charge in [-0.3, -0.25) is 0 Å². The highest BCUT2D eigenvalue weighted by Crippen LogP contribution is 2.39. The normalized spacial score (nSPS) is 24.2. The van der Waals surface area contributed by atoms with Gasteiger partial charge < -0.3 is 15.4 Å². The summed E-state index contributed by atoms with van der Waals surface area (Å²) in [4.78, 5) is 2.66. The molecule has 2 aliphatic rings. The van der Waals surface area contributed by atoms with Crippen LogP contribution in [0.4, 0.5) is 0 Å². The van der Waals surface area contributed by atoms with Crippen LogP contribution in [0.5, 0.6) is 0 Å². The van der Waals surface area contributed by atoms with E-state index in [4.69, 9.17) is 4.74 Å². The lowest BCUT2D eigenvalue weighted by molar-refractivity contribution is 0.0193. The second kappa shape index (κ2) is 7.25. The van der Waals surface area contributed by atoms with Gasteiger partial charge in [-0.25, -0.2) is 0 Å². The number of likely N-dealkylation sites (tertiary alicyclic amines) is 1. The van der Waals surface area contributed by atoms with E-state index in [0.717, 1.165) is 13.2 Å². The summed E-state index contributed by atoms with van der Waals surface area (Å²) in [7, 11) is 1.50. The second-order valence-corrected chi connectivity index (χ2v) is 4.99. The third kappa shape index (κ3) is 3.72. The van der Waals surface area contributed by atoms with Crippen molar-refractivity contribution in [2.45, 2.75) is 39.0 Å². The largest absolute Gasteiger partial charge is 0.381 e. The van der Waals surface area contributed by atoms with Gasteiger partial charge in [0.05, 0.1) is 0 Å². The number of rotatable bonds is 3. The van der Waals surface area contributed by atoms with Crippen molar-refractivity contribution in [2.75, 3.05) is 39.9 Å². The zero-order valence-corrected chi connectivity index (χ0v) is 11.0. The molecular formula is C13H28N2O. The Kier molecular flexibility index (Phi) is 6.32. The molecule has 0 aliphatic carbocycles. The molecule has 0 unspecified atom stereocenters. The first-order valence-corrected chi connectivity index (χ1v) is 6.72. The number of nitrogens with two attached hydrogens (primary N) is 1. The van der Waals surface area contributed by atoms with E-state index in [0.29, 0.717) is 5.41 Å². The Labute approximate surface area is 100 Å². The molecule has 0 amide bonds. The first-order chi connectivity index (χ1) is 7.85. The van der Waals surface area contributed by atoms with Crippen LogP contribution in [0, 0.1) is 5.41 Å². The summed E-state index contributed by atoms with van der Waals surface area (Å²) in [6.07, 6.45) is 6.71. The van der Waals surface area contributed by atoms with Gasteiger partial charge in [0, 0.05) is 19.8 Å². The van der Waals surface area contributed by atoms with Crippen molar-refractivity contribution in [3.63, 3.8) is 0 Å². The third-order valence-electron chi connectivity index (χ3n) is 3.90. The van der Waals surface area contributed by atoms with Crippen LogP contribution in [0.3, 0.4) is 0 Å². The van der Waals surface area contributed by atoms with Gasteiger partial charge in [0.15, 0.2) is 0 Å². The molecule has 2 rings (SSSR count). The maximum Gasteiger partial charge on any atom is 0.0471 e. The van der Waals surface area contributed by atoms with E-state index in [9.17, 15) is 0 Å². The minimum absolute atomic E-state index is 0.645. The van der Waals surface area contributed by atoms with E-state index in [-0.39, 0.29) is 0 Å². The minimum Gasteiger partial charge on any atom is -0.381 e. The van der Waals surface area contributed by atoms with Crippen molar-refractivity contribution in [1.29, 1.82) is 0 Å². The topological polar surface area (TPSA) is 38.5 Å². The molecule has 0 bridgehead atoms. The van der Waals surface area contributed by atoms with Crippen molar-refractivity contribution in [3.8, 4) is 0 Å². The fourth-order valence-corrected chi connectivity index (χ4v) is 2.81. The first kappa shape index (κ1) is 13.9. The number of nitrogens with zero attached hydrogens (tertiary/aromatic N) is 1. The van der Waals surface area contributed by atoms with E-state index in [2.05, 4.69) is 17.6 Å². The Morgan fingerprint density at radius 3 is 2.50 bits per heavy atom. The van der Waals surface area contributed by atoms with Gasteiger partial charge in [0.1, 0.15) is 0 Å². The molecule has 16 heavy (non-hydrogen) atoms. The number of unbranched alkanes of at least 4 members (excludes halogenated alkanes) is 1. The Morgan fingerprint density at radius 1 is 1.19 bits per heavy atom. The van der Waals surface area contributed by atoms with E-state index in [1.54, 1.807) is 0 Å². The molecule has 0 atom stereocenters. The monoisotopic (exact) mass is 228 g/mol. The summed E-state index contributed by atoms with van der Waals surface area (Å²) in [6, 6.07) is 0. The van der Waals surface area contributed by atoms with Crippen LogP contribution >= 0.6 is 0 Å². The van der Waals surface area contributed by atoms with Gasteiger partial charge in [0.2, 0.25) is 0 Å². The Balaban J connectivity index is 0.000000606. The number of ether oxygens (including phenoxy) is 1. The molecule has 2 fully saturated rings. The summed E-state index contributed by atoms with van der Waals surface area (Å²) in [5, 5.41) is 0. The van der Waals surface area contributed by atoms with Crippen molar-refractivity contribution in [2.24, 2.45) is 11.1 Å². The van der Waals surface area contributed by atoms with Crippen LogP contribution in [-0.4, -0.2) is 44.8 Å². The molecule has 96 valence electrons. The predicted molar refractivity (Wildman–Crippen MR) is 68.6 cm³/mol. The highest BCUT2D eigenvalue weighted by atomic mass is 16.5. The quantitative estimate of drug-likeness (QED) is 0.801. The number of hydrogen-bond acceptors (Lipinski definition) is 3. The van der Waals surface area contributed by atoms with Crippen LogP contribution in [0.15, 0.2) is 0 Å². The Bertz CT molecular complexity index is 179. The molecule has 0 aromatic heterocycles. The molecular weight excluding hydrogens is 200 g/mol. The Hall–Kier alpha value is -0.120. The zero-order chi connectivity index (χ0) is 11.9. The van der Waals surface area contributed by atoms with E-state index >= 15 is 0 Å². The summed E-state index contributed by atoms with van der Waals surface area (Å²) >= 11 is 0. The average Bonchev–Trinajstić information content (AvgIpc) is 2.73. The molecule has 0 aromatic carbocycles. The summed E-state index contributed by atoms with van der Waals surface area (Å²) in [5.41, 5.74) is 5.14. The van der Waals surface area contributed by atoms with Crippen molar-refractivity contribution in [3.05, 3.63) is 0 Å². The predicted octanol–water partition coefficient (Wildman–Crippen LogP) is 1.86. The minimum atomic E-state index is 0.645. The van der Waals surface area contributed by atoms with Crippen LogP contribution in [0.25, 0.3) is 0 Å². The second-order valence-electron chi connectivity index (χ2n) is 4.99. The van der Waals surface area contributed by atoms with Crippen molar-refractivity contribution >= 4 is 0 Å². The number of hydrogen-bond donors (Lipinski definition) is 1. The summed E-state index contributed by atoms with van der Waals surface area (Å²) < 4.78 is 5.45. The van der Waals surface area contributed by atoms with E-state index in [1.165, 1.54) is 58.8 Å². The van der Waals surface area contributed by atoms with Gasteiger partial charge >= 0.3 is 0 Å². The molecule has 2 saturated heterocycles. The van der Waals surface area contributed by atoms with Gasteiger partial charge in [-0.2, -0.15) is 0 Å². The zero-order valence-electron chi connectivity index (χ0n) is 11.0. The average molecular weight is 228 g/mol. The highest BCUT2D eigenvalue weighted by molar-refractivity contribution is 4.91. The van der Waals surface area contributed by atoms with E-state index < -0.39 is 0 Å². The molecule has 3 heteroatoms. The van der Waals surface area contributed by atoms with Crippen LogP contribution in [-0.2, 0) is 4.74 Å². The molecule has 0 radical (unpaired) electrons. The molecule has 3 nitrogen and oxygen atoms in total.